The second-order valence-corrected chi connectivity index (χ2v) is 10.2. The third kappa shape index (κ3) is 7.20. The van der Waals surface area contributed by atoms with Gasteiger partial charge in [-0.2, -0.15) is 12.6 Å². The van der Waals surface area contributed by atoms with Gasteiger partial charge in [-0.05, 0) is 0 Å². The molecule has 4 N–H and O–H groups in total. The molecule has 0 bridgehead atoms. The molecule has 0 aliphatic heterocycles. The van der Waals surface area contributed by atoms with Crippen molar-refractivity contribution >= 4 is 35.9 Å². The van der Waals surface area contributed by atoms with Crippen LogP contribution in [0.4, 0.5) is 0 Å². The van der Waals surface area contributed by atoms with Gasteiger partial charge in [-0.3, -0.25) is 4.79 Å². The van der Waals surface area contributed by atoms with Crippen LogP contribution in [0.2, 0.25) is 0 Å². The molecular weight excluding hydrogens is 466 g/mol. The van der Waals surface area contributed by atoms with Crippen LogP contribution in [0.1, 0.15) is 10.4 Å². The predicted molar refractivity (Wildman–Crippen MR) is 68.4 cm³/mol. The van der Waals surface area contributed by atoms with Gasteiger partial charge in [0.15, 0.2) is 0 Å². The molecule has 0 aliphatic rings. The van der Waals surface area contributed by atoms with E-state index in [1.165, 1.54) is 0 Å². The first-order valence-electron chi connectivity index (χ1n) is 4.89. The van der Waals surface area contributed by atoms with Gasteiger partial charge in [0, 0.05) is 5.75 Å². The minimum absolute atomic E-state index is 0.190. The standard InChI is InChI=1S/C7H5O2.C3H7NO2S.ClH.Hg/c8-7(9)6-4-2-1-3-5-6;4-2(1-7)3(5)6;;/h2-5H,(H,8,9);2,7H,1,4H2,(H,5,6);1H;/q;;;+1/p-1/t;2-;;/m.0../s1. The fraction of sp³-hybridized carbons (Fsp3) is 0.200. The number of halogens is 1. The molecule has 18 heavy (non-hydrogen) atoms. The molecule has 0 aliphatic carbocycles. The van der Waals surface area contributed by atoms with Crippen LogP contribution in [0.3, 0.4) is 0 Å². The van der Waals surface area contributed by atoms with Crippen LogP contribution in [-0.4, -0.2) is 33.9 Å². The van der Waals surface area contributed by atoms with Gasteiger partial charge in [0.1, 0.15) is 6.04 Å². The molecular formula is C10H12ClHgNO4S. The monoisotopic (exact) mass is 479 g/mol. The van der Waals surface area contributed by atoms with Crippen molar-refractivity contribution in [3.05, 3.63) is 29.8 Å². The van der Waals surface area contributed by atoms with Crippen LogP contribution in [0, 0.1) is 0 Å². The van der Waals surface area contributed by atoms with Crippen molar-refractivity contribution in [3.63, 3.8) is 0 Å². The maximum atomic E-state index is 10.4. The topological polar surface area (TPSA) is 101 Å². The molecule has 0 unspecified atom stereocenters. The van der Waals surface area contributed by atoms with Gasteiger partial charge in [0.25, 0.3) is 0 Å². The second kappa shape index (κ2) is 9.60. The number of aromatic carboxylic acids is 1. The Kier molecular flexibility index (Phi) is 9.44. The number of hydrogen-bond donors (Lipinski definition) is 4. The van der Waals surface area contributed by atoms with E-state index in [4.69, 9.17) is 24.2 Å². The molecule has 0 heterocycles. The molecule has 1 aromatic rings. The molecule has 0 spiro atoms. The molecule has 8 heteroatoms. The molecule has 1 atom stereocenters. The maximum absolute atomic E-state index is 10.4. The van der Waals surface area contributed by atoms with Crippen LogP contribution < -0.4 is 8.81 Å². The Balaban J connectivity index is 0.000000360. The third-order valence-electron chi connectivity index (χ3n) is 1.87. The van der Waals surface area contributed by atoms with Crippen molar-refractivity contribution in [2.75, 3.05) is 5.75 Å². The number of thiol groups is 1. The molecule has 1 rings (SSSR count). The Labute approximate surface area is 126 Å². The normalized spacial score (nSPS) is 10.6. The number of rotatable bonds is 4. The summed E-state index contributed by atoms with van der Waals surface area (Å²) in [5.41, 5.74) is 5.27. The van der Waals surface area contributed by atoms with Crippen LogP contribution in [0.15, 0.2) is 24.3 Å². The zero-order valence-electron chi connectivity index (χ0n) is 9.41. The number of hydrogen-bond acceptors (Lipinski definition) is 4. The molecule has 0 saturated carbocycles. The number of carboxylic acids is 2. The summed E-state index contributed by atoms with van der Waals surface area (Å²) in [5.74, 6) is -1.70. The summed E-state index contributed by atoms with van der Waals surface area (Å²) in [5, 5.41) is 16.5. The first-order chi connectivity index (χ1) is 8.42. The second-order valence-electron chi connectivity index (χ2n) is 3.26. The zero-order valence-corrected chi connectivity index (χ0v) is 16.6. The van der Waals surface area contributed by atoms with Crippen molar-refractivity contribution in [1.29, 1.82) is 0 Å². The van der Waals surface area contributed by atoms with E-state index in [1.807, 2.05) is 0 Å². The summed E-state index contributed by atoms with van der Waals surface area (Å²) in [6, 6.07) is 5.99. The van der Waals surface area contributed by atoms with Crippen molar-refractivity contribution in [3.8, 4) is 0 Å². The Morgan fingerprint density at radius 3 is 2.06 bits per heavy atom. The molecule has 0 fully saturated rings. The Bertz CT molecular complexity index is 401. The van der Waals surface area contributed by atoms with Crippen LogP contribution in [0.25, 0.3) is 0 Å². The van der Waals surface area contributed by atoms with E-state index in [0.29, 0.717) is 5.56 Å². The fourth-order valence-corrected chi connectivity index (χ4v) is 4.14. The van der Waals surface area contributed by atoms with E-state index >= 15 is 0 Å². The van der Waals surface area contributed by atoms with Crippen LogP contribution in [0.5, 0.6) is 0 Å². The van der Waals surface area contributed by atoms with E-state index in [9.17, 15) is 9.59 Å². The number of aliphatic carboxylic acids is 1. The van der Waals surface area contributed by atoms with E-state index in [1.54, 1.807) is 24.3 Å². The summed E-state index contributed by atoms with van der Waals surface area (Å²) in [6.07, 6.45) is 0. The Morgan fingerprint density at radius 1 is 1.33 bits per heavy atom. The number of carbonyl (C=O) groups is 2. The minimum atomic E-state index is -1.32. The van der Waals surface area contributed by atoms with Gasteiger partial charge in [-0.25, -0.2) is 0 Å². The van der Waals surface area contributed by atoms with Gasteiger partial charge < -0.3 is 10.8 Å². The zero-order chi connectivity index (χ0) is 14.1. The number of nitrogens with two attached hydrogens (primary N) is 1. The van der Waals surface area contributed by atoms with Crippen LogP contribution >= 0.6 is 20.9 Å². The summed E-state index contributed by atoms with van der Waals surface area (Å²) < 4.78 is 1.15. The summed E-state index contributed by atoms with van der Waals surface area (Å²) in [6.45, 7) is 0. The van der Waals surface area contributed by atoms with Crippen molar-refractivity contribution in [2.24, 2.45) is 5.73 Å². The van der Waals surface area contributed by atoms with Crippen molar-refractivity contribution in [1.82, 2.24) is 0 Å². The molecule has 0 aromatic heterocycles. The quantitative estimate of drug-likeness (QED) is 0.375. The number of carboxylic acid groups (broad SMARTS) is 2. The average Bonchev–Trinajstić information content (AvgIpc) is 2.38. The molecule has 5 nitrogen and oxygen atoms in total. The van der Waals surface area contributed by atoms with Gasteiger partial charge >= 0.3 is 86.3 Å². The van der Waals surface area contributed by atoms with Gasteiger partial charge in [-0.15, -0.1) is 0 Å². The average molecular weight is 478 g/mol. The first kappa shape index (κ1) is 17.7. The van der Waals surface area contributed by atoms with Crippen molar-refractivity contribution in [2.45, 2.75) is 6.04 Å². The van der Waals surface area contributed by atoms with Crippen molar-refractivity contribution < 1.29 is 43.1 Å². The molecule has 0 radical (unpaired) electrons. The molecule has 96 valence electrons. The molecule has 1 aromatic carbocycles. The van der Waals surface area contributed by atoms with E-state index < -0.39 is 41.3 Å². The predicted octanol–water partition coefficient (Wildman–Crippen LogP) is 0.574. The summed E-state index contributed by atoms with van der Waals surface area (Å²) in [7, 11) is 5.73. The van der Waals surface area contributed by atoms with E-state index in [2.05, 4.69) is 12.6 Å². The van der Waals surface area contributed by atoms with Crippen LogP contribution in [-0.2, 0) is 28.1 Å². The van der Waals surface area contributed by atoms with E-state index in [-0.39, 0.29) is 5.75 Å². The summed E-state index contributed by atoms with van der Waals surface area (Å²) in [4.78, 5) is 20.1. The fourth-order valence-electron chi connectivity index (χ4n) is 0.815. The summed E-state index contributed by atoms with van der Waals surface area (Å²) >= 11 is 2.33. The van der Waals surface area contributed by atoms with Gasteiger partial charge in [-0.1, -0.05) is 0 Å². The Morgan fingerprint density at radius 2 is 1.83 bits per heavy atom. The van der Waals surface area contributed by atoms with E-state index in [0.717, 1.165) is 3.07 Å². The SMILES string of the molecule is N[C@@H](CS)C(=O)O.O=C(O)c1cc[c]([Hg][Cl])cc1. The first-order valence-corrected chi connectivity index (χ1v) is 15.0. The molecule has 0 amide bonds. The number of benzene rings is 1. The third-order valence-corrected chi connectivity index (χ3v) is 8.00. The van der Waals surface area contributed by atoms with Gasteiger partial charge in [0.2, 0.25) is 0 Å². The van der Waals surface area contributed by atoms with Gasteiger partial charge in [0.05, 0.1) is 0 Å². The Hall–Kier alpha value is -0.305. The molecule has 0 saturated heterocycles.